The standard InChI is InChI=1S/C15H22N2O2/c1-10(2)13-7-12(15(18)19)8-14(16-13)17(3)9-11-5-4-6-11/h7-8,10-11H,4-6,9H2,1-3H3,(H,18,19). The molecule has 0 radical (unpaired) electrons. The zero-order valence-corrected chi connectivity index (χ0v) is 11.9. The number of hydrogen-bond acceptors (Lipinski definition) is 3. The van der Waals surface area contributed by atoms with Crippen LogP contribution < -0.4 is 4.90 Å². The molecule has 0 saturated heterocycles. The molecule has 1 aromatic rings. The van der Waals surface area contributed by atoms with Crippen molar-refractivity contribution < 1.29 is 9.90 Å². The van der Waals surface area contributed by atoms with Crippen LogP contribution in [0.1, 0.15) is 55.1 Å². The van der Waals surface area contributed by atoms with Gasteiger partial charge in [0.2, 0.25) is 0 Å². The average Bonchev–Trinajstić information content (AvgIpc) is 2.32. The molecule has 19 heavy (non-hydrogen) atoms. The van der Waals surface area contributed by atoms with E-state index in [9.17, 15) is 9.90 Å². The van der Waals surface area contributed by atoms with E-state index in [-0.39, 0.29) is 5.92 Å². The van der Waals surface area contributed by atoms with Crippen molar-refractivity contribution >= 4 is 11.8 Å². The summed E-state index contributed by atoms with van der Waals surface area (Å²) in [6.45, 7) is 5.03. The largest absolute Gasteiger partial charge is 0.478 e. The molecule has 1 N–H and O–H groups in total. The lowest BCUT2D eigenvalue weighted by molar-refractivity contribution is 0.0696. The minimum atomic E-state index is -0.886. The molecule has 1 heterocycles. The van der Waals surface area contributed by atoms with E-state index in [1.54, 1.807) is 12.1 Å². The number of pyridine rings is 1. The quantitative estimate of drug-likeness (QED) is 0.885. The lowest BCUT2D eigenvalue weighted by Crippen LogP contribution is -2.30. The van der Waals surface area contributed by atoms with Gasteiger partial charge in [0.15, 0.2) is 0 Å². The SMILES string of the molecule is CC(C)c1cc(C(=O)O)cc(N(C)CC2CCC2)n1. The lowest BCUT2D eigenvalue weighted by atomic mass is 9.85. The number of carbonyl (C=O) groups is 1. The van der Waals surface area contributed by atoms with Crippen LogP contribution in [0.4, 0.5) is 5.82 Å². The molecule has 1 aliphatic rings. The normalized spacial score (nSPS) is 15.4. The van der Waals surface area contributed by atoms with Crippen LogP contribution in [-0.4, -0.2) is 29.7 Å². The van der Waals surface area contributed by atoms with E-state index in [0.717, 1.165) is 24.0 Å². The fraction of sp³-hybridized carbons (Fsp3) is 0.600. The summed E-state index contributed by atoms with van der Waals surface area (Å²) in [6.07, 6.45) is 3.87. The first-order chi connectivity index (χ1) is 8.97. The molecule has 0 aromatic carbocycles. The summed E-state index contributed by atoms with van der Waals surface area (Å²) in [7, 11) is 2.00. The first-order valence-corrected chi connectivity index (χ1v) is 6.93. The van der Waals surface area contributed by atoms with Crippen molar-refractivity contribution in [1.29, 1.82) is 0 Å². The lowest BCUT2D eigenvalue weighted by Gasteiger charge is -2.31. The van der Waals surface area contributed by atoms with Crippen molar-refractivity contribution in [3.05, 3.63) is 23.4 Å². The molecule has 0 atom stereocenters. The van der Waals surface area contributed by atoms with Gasteiger partial charge in [-0.2, -0.15) is 0 Å². The van der Waals surface area contributed by atoms with Crippen LogP contribution in [0.25, 0.3) is 0 Å². The van der Waals surface area contributed by atoms with Crippen LogP contribution in [0, 0.1) is 5.92 Å². The molecular formula is C15H22N2O2. The second-order valence-electron chi connectivity index (χ2n) is 5.78. The molecular weight excluding hydrogens is 240 g/mol. The maximum atomic E-state index is 11.2. The van der Waals surface area contributed by atoms with Crippen molar-refractivity contribution in [2.24, 2.45) is 5.92 Å². The van der Waals surface area contributed by atoms with E-state index >= 15 is 0 Å². The van der Waals surface area contributed by atoms with Crippen LogP contribution in [-0.2, 0) is 0 Å². The Labute approximate surface area is 114 Å². The topological polar surface area (TPSA) is 53.4 Å². The van der Waals surface area contributed by atoms with Gasteiger partial charge >= 0.3 is 5.97 Å². The third-order valence-electron chi connectivity index (χ3n) is 3.82. The number of carboxylic acid groups (broad SMARTS) is 1. The summed E-state index contributed by atoms with van der Waals surface area (Å²) in [6, 6.07) is 3.35. The Morgan fingerprint density at radius 3 is 2.63 bits per heavy atom. The monoisotopic (exact) mass is 262 g/mol. The average molecular weight is 262 g/mol. The Morgan fingerprint density at radius 1 is 1.47 bits per heavy atom. The van der Waals surface area contributed by atoms with E-state index in [0.29, 0.717) is 5.56 Å². The maximum absolute atomic E-state index is 11.2. The minimum absolute atomic E-state index is 0.232. The van der Waals surface area contributed by atoms with Gasteiger partial charge in [-0.05, 0) is 36.8 Å². The van der Waals surface area contributed by atoms with E-state index in [4.69, 9.17) is 0 Å². The Bertz CT molecular complexity index is 467. The molecule has 0 spiro atoms. The van der Waals surface area contributed by atoms with Crippen LogP contribution in [0.3, 0.4) is 0 Å². The molecule has 1 saturated carbocycles. The van der Waals surface area contributed by atoms with Crippen LogP contribution >= 0.6 is 0 Å². The summed E-state index contributed by atoms with van der Waals surface area (Å²) in [4.78, 5) is 17.9. The fourth-order valence-electron chi connectivity index (χ4n) is 2.31. The first-order valence-electron chi connectivity index (χ1n) is 6.93. The molecule has 1 aliphatic carbocycles. The summed E-state index contributed by atoms with van der Waals surface area (Å²) < 4.78 is 0. The zero-order valence-electron chi connectivity index (χ0n) is 11.9. The molecule has 0 bridgehead atoms. The number of nitrogens with zero attached hydrogens (tertiary/aromatic N) is 2. The number of anilines is 1. The van der Waals surface area contributed by atoms with Gasteiger partial charge in [-0.25, -0.2) is 9.78 Å². The third kappa shape index (κ3) is 3.25. The summed E-state index contributed by atoms with van der Waals surface area (Å²) in [5.74, 6) is 0.857. The van der Waals surface area contributed by atoms with Gasteiger partial charge in [-0.15, -0.1) is 0 Å². The first kappa shape index (κ1) is 13.8. The van der Waals surface area contributed by atoms with Crippen LogP contribution in [0.15, 0.2) is 12.1 Å². The van der Waals surface area contributed by atoms with Gasteiger partial charge in [-0.3, -0.25) is 0 Å². The smallest absolute Gasteiger partial charge is 0.335 e. The minimum Gasteiger partial charge on any atom is -0.478 e. The summed E-state index contributed by atoms with van der Waals surface area (Å²) in [5.41, 5.74) is 1.17. The molecule has 1 fully saturated rings. The van der Waals surface area contributed by atoms with Gasteiger partial charge in [0.25, 0.3) is 0 Å². The fourth-order valence-corrected chi connectivity index (χ4v) is 2.31. The number of aromatic nitrogens is 1. The van der Waals surface area contributed by atoms with E-state index in [1.165, 1.54) is 19.3 Å². The van der Waals surface area contributed by atoms with Crippen molar-refractivity contribution in [3.8, 4) is 0 Å². The highest BCUT2D eigenvalue weighted by Gasteiger charge is 2.20. The van der Waals surface area contributed by atoms with Crippen LogP contribution in [0.5, 0.6) is 0 Å². The van der Waals surface area contributed by atoms with Crippen molar-refractivity contribution in [3.63, 3.8) is 0 Å². The predicted octanol–water partition coefficient (Wildman–Crippen LogP) is 3.14. The van der Waals surface area contributed by atoms with E-state index in [2.05, 4.69) is 9.88 Å². The van der Waals surface area contributed by atoms with Crippen molar-refractivity contribution in [2.45, 2.75) is 39.0 Å². The summed E-state index contributed by atoms with van der Waals surface area (Å²) in [5, 5.41) is 9.19. The highest BCUT2D eigenvalue weighted by molar-refractivity contribution is 5.88. The van der Waals surface area contributed by atoms with Crippen molar-refractivity contribution in [2.75, 3.05) is 18.5 Å². The second-order valence-corrected chi connectivity index (χ2v) is 5.78. The van der Waals surface area contributed by atoms with Gasteiger partial charge in [0, 0.05) is 19.3 Å². The number of hydrogen-bond donors (Lipinski definition) is 1. The van der Waals surface area contributed by atoms with E-state index in [1.807, 2.05) is 20.9 Å². The molecule has 104 valence electrons. The number of rotatable bonds is 5. The second kappa shape index (κ2) is 5.59. The third-order valence-corrected chi connectivity index (χ3v) is 3.82. The van der Waals surface area contributed by atoms with E-state index < -0.39 is 5.97 Å². The Morgan fingerprint density at radius 2 is 2.16 bits per heavy atom. The highest BCUT2D eigenvalue weighted by Crippen LogP contribution is 2.28. The van der Waals surface area contributed by atoms with Gasteiger partial charge in [0.1, 0.15) is 5.82 Å². The number of carboxylic acids is 1. The summed E-state index contributed by atoms with van der Waals surface area (Å²) >= 11 is 0. The number of aromatic carboxylic acids is 1. The predicted molar refractivity (Wildman–Crippen MR) is 75.9 cm³/mol. The maximum Gasteiger partial charge on any atom is 0.335 e. The molecule has 4 heteroatoms. The van der Waals surface area contributed by atoms with Crippen LogP contribution in [0.2, 0.25) is 0 Å². The highest BCUT2D eigenvalue weighted by atomic mass is 16.4. The van der Waals surface area contributed by atoms with Gasteiger partial charge < -0.3 is 10.0 Å². The molecule has 4 nitrogen and oxygen atoms in total. The van der Waals surface area contributed by atoms with Gasteiger partial charge in [-0.1, -0.05) is 20.3 Å². The molecule has 0 aliphatic heterocycles. The zero-order chi connectivity index (χ0) is 14.0. The molecule has 0 unspecified atom stereocenters. The molecule has 0 amide bonds. The molecule has 1 aromatic heterocycles. The van der Waals surface area contributed by atoms with Crippen molar-refractivity contribution in [1.82, 2.24) is 4.98 Å². The Balaban J connectivity index is 2.24. The molecule has 2 rings (SSSR count). The Kier molecular flexibility index (Phi) is 4.08. The van der Waals surface area contributed by atoms with Gasteiger partial charge in [0.05, 0.1) is 5.56 Å². The Hall–Kier alpha value is -1.58.